The van der Waals surface area contributed by atoms with E-state index in [1.165, 1.54) is 37.2 Å². The van der Waals surface area contributed by atoms with Crippen LogP contribution in [0.5, 0.6) is 11.6 Å². The summed E-state index contributed by atoms with van der Waals surface area (Å²) in [6.45, 7) is -0.186. The Kier molecular flexibility index (Phi) is 5.16. The number of imide groups is 1. The Morgan fingerprint density at radius 2 is 2.09 bits per heavy atom. The van der Waals surface area contributed by atoms with Gasteiger partial charge in [0.05, 0.1) is 31.9 Å². The predicted octanol–water partition coefficient (Wildman–Crippen LogP) is 1.17. The molecule has 3 heterocycles. The summed E-state index contributed by atoms with van der Waals surface area (Å²) in [5.74, 6) is 4.64. The van der Waals surface area contributed by atoms with Crippen molar-refractivity contribution in [2.75, 3.05) is 14.2 Å². The monoisotopic (exact) mass is 434 g/mol. The van der Waals surface area contributed by atoms with Crippen LogP contribution in [0, 0.1) is 11.8 Å². The number of benzene rings is 1. The van der Waals surface area contributed by atoms with Gasteiger partial charge in [-0.1, -0.05) is 11.8 Å². The Morgan fingerprint density at radius 1 is 1.28 bits per heavy atom. The number of hydrogen-bond acceptors (Lipinski definition) is 7. The summed E-state index contributed by atoms with van der Waals surface area (Å²) in [5.41, 5.74) is -1.31. The number of methoxy groups -OCH3 is 2. The SMILES string of the molecule is COC(=O)c1ccncc1C#C[C@]1(Cn2cc3ccc(OC)cc3c2O)NC(=O)NC1=O. The summed E-state index contributed by atoms with van der Waals surface area (Å²) >= 11 is 0. The fourth-order valence-corrected chi connectivity index (χ4v) is 3.41. The molecule has 32 heavy (non-hydrogen) atoms. The molecule has 4 rings (SSSR count). The van der Waals surface area contributed by atoms with Gasteiger partial charge in [-0.05, 0) is 24.3 Å². The molecule has 1 fully saturated rings. The molecule has 10 heteroatoms. The minimum absolute atomic E-state index is 0.120. The molecular formula is C22H18N4O6. The van der Waals surface area contributed by atoms with Crippen LogP contribution in [0.3, 0.4) is 0 Å². The summed E-state index contributed by atoms with van der Waals surface area (Å²) in [7, 11) is 2.75. The van der Waals surface area contributed by atoms with Crippen LogP contribution in [0.4, 0.5) is 4.79 Å². The zero-order valence-electron chi connectivity index (χ0n) is 17.1. The highest BCUT2D eigenvalue weighted by molar-refractivity contribution is 6.09. The van der Waals surface area contributed by atoms with E-state index in [0.717, 1.165) is 0 Å². The Bertz CT molecular complexity index is 1320. The predicted molar refractivity (Wildman–Crippen MR) is 112 cm³/mol. The second-order valence-corrected chi connectivity index (χ2v) is 7.01. The van der Waals surface area contributed by atoms with Crippen LogP contribution < -0.4 is 15.4 Å². The fourth-order valence-electron chi connectivity index (χ4n) is 3.41. The molecule has 1 aliphatic heterocycles. The van der Waals surface area contributed by atoms with Crippen molar-refractivity contribution >= 4 is 28.7 Å². The zero-order valence-corrected chi connectivity index (χ0v) is 17.1. The van der Waals surface area contributed by atoms with E-state index in [-0.39, 0.29) is 23.6 Å². The van der Waals surface area contributed by atoms with Crippen LogP contribution in [0.1, 0.15) is 15.9 Å². The van der Waals surface area contributed by atoms with Crippen molar-refractivity contribution in [3.05, 3.63) is 54.0 Å². The van der Waals surface area contributed by atoms with E-state index in [2.05, 4.69) is 27.5 Å². The van der Waals surface area contributed by atoms with E-state index >= 15 is 0 Å². The van der Waals surface area contributed by atoms with E-state index in [1.807, 2.05) is 0 Å². The van der Waals surface area contributed by atoms with E-state index < -0.39 is 23.4 Å². The third-order valence-electron chi connectivity index (χ3n) is 5.05. The first-order valence-electron chi connectivity index (χ1n) is 9.42. The number of carbonyl (C=O) groups excluding carboxylic acids is 3. The number of carbonyl (C=O) groups is 3. The molecule has 0 saturated carbocycles. The van der Waals surface area contributed by atoms with Crippen molar-refractivity contribution in [2.24, 2.45) is 0 Å². The standard InChI is InChI=1S/C22H18N4O6/c1-31-15-4-3-14-11-26(18(27)17(14)9-15)12-22(20(29)24-21(30)25-22)7-5-13-10-23-8-6-16(13)19(28)32-2/h3-4,6,8-11,27H,12H2,1-2H3,(H2,24,25,29,30)/t22-/m1/s1. The van der Waals surface area contributed by atoms with Crippen molar-refractivity contribution < 1.29 is 29.0 Å². The molecular weight excluding hydrogens is 416 g/mol. The van der Waals surface area contributed by atoms with Gasteiger partial charge in [-0.2, -0.15) is 0 Å². The zero-order chi connectivity index (χ0) is 22.9. The smallest absolute Gasteiger partial charge is 0.339 e. The highest BCUT2D eigenvalue weighted by atomic mass is 16.5. The summed E-state index contributed by atoms with van der Waals surface area (Å²) in [5, 5.41) is 16.6. The molecule has 2 aromatic heterocycles. The molecule has 3 N–H and O–H groups in total. The number of nitrogens with one attached hydrogen (secondary N) is 2. The summed E-state index contributed by atoms with van der Waals surface area (Å²) in [4.78, 5) is 40.6. The van der Waals surface area contributed by atoms with Gasteiger partial charge in [-0.25, -0.2) is 9.59 Å². The van der Waals surface area contributed by atoms with Crippen LogP contribution in [-0.4, -0.2) is 52.3 Å². The van der Waals surface area contributed by atoms with Crippen LogP contribution in [0.15, 0.2) is 42.9 Å². The third kappa shape index (κ3) is 3.56. The third-order valence-corrected chi connectivity index (χ3v) is 5.05. The highest BCUT2D eigenvalue weighted by Crippen LogP contribution is 2.32. The van der Waals surface area contributed by atoms with E-state index in [0.29, 0.717) is 16.5 Å². The quantitative estimate of drug-likeness (QED) is 0.319. The van der Waals surface area contributed by atoms with Crippen LogP contribution in [0.25, 0.3) is 10.8 Å². The molecule has 0 radical (unpaired) electrons. The van der Waals surface area contributed by atoms with Gasteiger partial charge in [-0.3, -0.25) is 15.1 Å². The van der Waals surface area contributed by atoms with Gasteiger partial charge in [0.2, 0.25) is 5.54 Å². The van der Waals surface area contributed by atoms with Crippen molar-refractivity contribution in [3.63, 3.8) is 0 Å². The lowest BCUT2D eigenvalue weighted by atomic mass is 9.99. The maximum atomic E-state index is 12.7. The lowest BCUT2D eigenvalue weighted by Crippen LogP contribution is -2.49. The van der Waals surface area contributed by atoms with Gasteiger partial charge in [0.25, 0.3) is 5.91 Å². The minimum Gasteiger partial charge on any atom is -0.497 e. The Labute approximate surface area is 182 Å². The number of aromatic nitrogens is 2. The Hall–Kier alpha value is -4.52. The average molecular weight is 434 g/mol. The summed E-state index contributed by atoms with van der Waals surface area (Å²) in [6.07, 6.45) is 4.40. The van der Waals surface area contributed by atoms with Crippen molar-refractivity contribution in [1.29, 1.82) is 0 Å². The van der Waals surface area contributed by atoms with E-state index in [4.69, 9.17) is 9.47 Å². The molecule has 0 spiro atoms. The summed E-state index contributed by atoms with van der Waals surface area (Å²) in [6, 6.07) is 5.87. The van der Waals surface area contributed by atoms with Crippen molar-refractivity contribution in [1.82, 2.24) is 20.2 Å². The number of nitrogens with zero attached hydrogens (tertiary/aromatic N) is 2. The Balaban J connectivity index is 1.78. The normalized spacial score (nSPS) is 17.3. The molecule has 0 unspecified atom stereocenters. The number of amides is 3. The van der Waals surface area contributed by atoms with Crippen LogP contribution in [-0.2, 0) is 16.1 Å². The molecule has 1 saturated heterocycles. The first kappa shape index (κ1) is 20.7. The molecule has 10 nitrogen and oxygen atoms in total. The number of rotatable bonds is 4. The first-order valence-corrected chi connectivity index (χ1v) is 9.42. The maximum absolute atomic E-state index is 12.7. The van der Waals surface area contributed by atoms with Gasteiger partial charge in [0.1, 0.15) is 5.75 Å². The van der Waals surface area contributed by atoms with Gasteiger partial charge in [0, 0.05) is 29.4 Å². The fraction of sp³-hybridized carbons (Fsp3) is 0.182. The molecule has 1 aliphatic rings. The number of fused-ring (bicyclic) bond motifs is 1. The van der Waals surface area contributed by atoms with Gasteiger partial charge in [0.15, 0.2) is 5.88 Å². The largest absolute Gasteiger partial charge is 0.497 e. The van der Waals surface area contributed by atoms with Crippen molar-refractivity contribution in [3.8, 4) is 23.5 Å². The van der Waals surface area contributed by atoms with E-state index in [9.17, 15) is 19.5 Å². The van der Waals surface area contributed by atoms with Crippen LogP contribution in [0.2, 0.25) is 0 Å². The lowest BCUT2D eigenvalue weighted by molar-refractivity contribution is -0.122. The highest BCUT2D eigenvalue weighted by Gasteiger charge is 2.46. The number of hydrogen-bond donors (Lipinski definition) is 3. The van der Waals surface area contributed by atoms with E-state index in [1.54, 1.807) is 24.4 Å². The number of pyridine rings is 1. The molecule has 0 aliphatic carbocycles. The Morgan fingerprint density at radius 3 is 2.78 bits per heavy atom. The van der Waals surface area contributed by atoms with Gasteiger partial charge < -0.3 is 24.5 Å². The van der Waals surface area contributed by atoms with Gasteiger partial charge in [-0.15, -0.1) is 0 Å². The minimum atomic E-state index is -1.70. The molecule has 0 bridgehead atoms. The average Bonchev–Trinajstić information content (AvgIpc) is 3.26. The van der Waals surface area contributed by atoms with Crippen LogP contribution >= 0.6 is 0 Å². The number of aromatic hydroxyl groups is 1. The first-order chi connectivity index (χ1) is 15.4. The molecule has 3 aromatic rings. The molecule has 1 atom stereocenters. The molecule has 1 aromatic carbocycles. The van der Waals surface area contributed by atoms with Gasteiger partial charge >= 0.3 is 12.0 Å². The second-order valence-electron chi connectivity index (χ2n) is 7.01. The van der Waals surface area contributed by atoms with Crippen molar-refractivity contribution in [2.45, 2.75) is 12.1 Å². The molecule has 162 valence electrons. The summed E-state index contributed by atoms with van der Waals surface area (Å²) < 4.78 is 11.3. The second kappa shape index (κ2) is 7.96. The molecule has 3 amide bonds. The number of esters is 1. The number of urea groups is 1. The lowest BCUT2D eigenvalue weighted by Gasteiger charge is -2.20. The maximum Gasteiger partial charge on any atom is 0.339 e. The number of ether oxygens (including phenoxy) is 2. The topological polar surface area (TPSA) is 132 Å².